The number of hydrogen-bond donors (Lipinski definition) is 1. The Morgan fingerprint density at radius 1 is 0.270 bits per heavy atom. The van der Waals surface area contributed by atoms with E-state index in [9.17, 15) is 14.7 Å². The van der Waals surface area contributed by atoms with Crippen molar-refractivity contribution in [3.63, 3.8) is 0 Å². The van der Waals surface area contributed by atoms with Gasteiger partial charge in [-0.25, -0.2) is 0 Å². The van der Waals surface area contributed by atoms with Crippen molar-refractivity contribution in [2.24, 2.45) is 0 Å². The summed E-state index contributed by atoms with van der Waals surface area (Å²) >= 11 is 0. The Bertz CT molecular complexity index is 1600. The number of unbranched alkanes of at least 4 members (excludes halogenated alkanes) is 52. The molecule has 0 heterocycles. The van der Waals surface area contributed by atoms with E-state index in [0.29, 0.717) is 12.8 Å². The molecule has 0 saturated carbocycles. The highest BCUT2D eigenvalue weighted by Gasteiger charge is 2.16. The third kappa shape index (κ3) is 77.4. The Morgan fingerprint density at radius 2 is 0.483 bits per heavy atom. The molecule has 0 aliphatic rings. The number of carbonyl (C=O) groups is 2. The summed E-state index contributed by atoms with van der Waals surface area (Å²) in [6.07, 6.45) is 112. The fourth-order valence-electron chi connectivity index (χ4n) is 12.1. The van der Waals surface area contributed by atoms with Gasteiger partial charge in [0.2, 0.25) is 0 Å². The van der Waals surface area contributed by atoms with Crippen LogP contribution in [-0.2, 0) is 19.1 Å². The van der Waals surface area contributed by atoms with Crippen molar-refractivity contribution in [1.82, 2.24) is 0 Å². The van der Waals surface area contributed by atoms with Gasteiger partial charge in [-0.15, -0.1) is 0 Å². The quantitative estimate of drug-likeness (QED) is 0.0373. The predicted octanol–water partition coefficient (Wildman–Crippen LogP) is 27.9. The zero-order valence-electron chi connectivity index (χ0n) is 59.7. The Hall–Kier alpha value is -2.92. The number of esters is 2. The number of hydrogen-bond acceptors (Lipinski definition) is 5. The second-order valence-corrected chi connectivity index (χ2v) is 26.8. The van der Waals surface area contributed by atoms with Gasteiger partial charge in [0.05, 0.1) is 6.61 Å². The molecular formula is C84H152O5. The monoisotopic (exact) mass is 1240 g/mol. The maximum Gasteiger partial charge on any atom is 0.306 e. The molecule has 0 spiro atoms. The van der Waals surface area contributed by atoms with Crippen LogP contribution in [0.5, 0.6) is 0 Å². The van der Waals surface area contributed by atoms with Crippen molar-refractivity contribution in [3.8, 4) is 0 Å². The average Bonchev–Trinajstić information content (AvgIpc) is 3.55. The van der Waals surface area contributed by atoms with Crippen molar-refractivity contribution in [1.29, 1.82) is 0 Å². The second kappa shape index (κ2) is 79.3. The number of ether oxygens (including phenoxy) is 2. The van der Waals surface area contributed by atoms with Gasteiger partial charge >= 0.3 is 11.9 Å². The lowest BCUT2D eigenvalue weighted by Gasteiger charge is -2.15. The minimum Gasteiger partial charge on any atom is -0.462 e. The molecule has 0 aliphatic carbocycles. The van der Waals surface area contributed by atoms with Crippen LogP contribution < -0.4 is 0 Å². The van der Waals surface area contributed by atoms with Crippen molar-refractivity contribution < 1.29 is 24.2 Å². The van der Waals surface area contributed by atoms with Gasteiger partial charge in [-0.3, -0.25) is 9.59 Å². The zero-order valence-corrected chi connectivity index (χ0v) is 59.7. The molecular weight excluding hydrogens is 1090 g/mol. The van der Waals surface area contributed by atoms with Gasteiger partial charge in [-0.1, -0.05) is 420 Å². The standard InChI is InChI=1S/C84H152O5/c1-3-5-7-9-11-13-15-17-19-21-23-25-27-29-31-33-35-37-39-40-41-42-43-44-45-47-49-51-53-55-57-59-61-63-65-67-69-71-73-75-77-79-84(87)89-82(80-85)81-88-83(86)78-76-74-72-70-68-66-64-62-60-58-56-54-52-50-48-46-38-36-34-32-30-28-26-24-22-20-18-16-14-12-10-8-6-4-2/h5,7,11,13,17,19,23,25,29,31,35,37,40-41,82,85H,3-4,6,8-10,12,14-16,18,20-22,24,26-28,30,32-34,36,38-39,42-81H2,1-2H3/b7-5-,13-11-,19-17-,25-23-,31-29-,37-35-,41-40-. The minimum absolute atomic E-state index is 0.0611. The van der Waals surface area contributed by atoms with Crippen molar-refractivity contribution in [3.05, 3.63) is 85.1 Å². The molecule has 89 heavy (non-hydrogen) atoms. The van der Waals surface area contributed by atoms with Crippen molar-refractivity contribution in [2.75, 3.05) is 13.2 Å². The van der Waals surface area contributed by atoms with Crippen molar-refractivity contribution >= 4 is 11.9 Å². The number of rotatable bonds is 74. The van der Waals surface area contributed by atoms with Crippen LogP contribution in [0.15, 0.2) is 85.1 Å². The topological polar surface area (TPSA) is 72.8 Å². The van der Waals surface area contributed by atoms with Gasteiger partial charge in [0.25, 0.3) is 0 Å². The van der Waals surface area contributed by atoms with Crippen LogP contribution in [0.4, 0.5) is 0 Å². The second-order valence-electron chi connectivity index (χ2n) is 26.8. The summed E-state index contributed by atoms with van der Waals surface area (Å²) in [5, 5.41) is 9.73. The van der Waals surface area contributed by atoms with Crippen LogP contribution in [0.2, 0.25) is 0 Å². The molecule has 0 fully saturated rings. The van der Waals surface area contributed by atoms with Crippen LogP contribution in [-0.4, -0.2) is 36.4 Å². The SMILES string of the molecule is CC/C=C\C/C=C\C/C=C\C/C=C\C/C=C\C/C=C\C/C=C\CCCCCCCCCCCCCCCCCCCCCC(=O)OC(CO)COC(=O)CCCCCCCCCCCCCCCCCCCCCCCCCCCCCCCCCCCC. The Balaban J connectivity index is 3.40. The maximum absolute atomic E-state index is 12.4. The Morgan fingerprint density at radius 3 is 0.730 bits per heavy atom. The average molecular weight is 1240 g/mol. The number of allylic oxidation sites excluding steroid dienone is 14. The third-order valence-corrected chi connectivity index (χ3v) is 18.0. The molecule has 1 unspecified atom stereocenters. The first-order valence-electron chi connectivity index (χ1n) is 39.6. The molecule has 0 aromatic heterocycles. The highest BCUT2D eigenvalue weighted by atomic mass is 16.6. The lowest BCUT2D eigenvalue weighted by Crippen LogP contribution is -2.28. The first-order chi connectivity index (χ1) is 44.1. The summed E-state index contributed by atoms with van der Waals surface area (Å²) in [6, 6.07) is 0. The smallest absolute Gasteiger partial charge is 0.306 e. The summed E-state index contributed by atoms with van der Waals surface area (Å²) in [5.74, 6) is -0.567. The van der Waals surface area contributed by atoms with E-state index in [1.165, 1.54) is 315 Å². The van der Waals surface area contributed by atoms with Gasteiger partial charge in [0.1, 0.15) is 6.61 Å². The molecule has 5 heteroatoms. The molecule has 518 valence electrons. The van der Waals surface area contributed by atoms with Crippen LogP contribution in [0.1, 0.15) is 418 Å². The Kier molecular flexibility index (Phi) is 76.7. The maximum atomic E-state index is 12.4. The van der Waals surface area contributed by atoms with Gasteiger partial charge in [0, 0.05) is 12.8 Å². The molecule has 0 rings (SSSR count). The summed E-state index contributed by atoms with van der Waals surface area (Å²) in [7, 11) is 0. The highest BCUT2D eigenvalue weighted by Crippen LogP contribution is 2.20. The van der Waals surface area contributed by atoms with Crippen LogP contribution >= 0.6 is 0 Å². The summed E-state index contributed by atoms with van der Waals surface area (Å²) in [5.41, 5.74) is 0. The number of carbonyl (C=O) groups excluding carboxylic acids is 2. The van der Waals surface area contributed by atoms with Crippen LogP contribution in [0.25, 0.3) is 0 Å². The van der Waals surface area contributed by atoms with Crippen LogP contribution in [0.3, 0.4) is 0 Å². The van der Waals surface area contributed by atoms with E-state index >= 15 is 0 Å². The fraction of sp³-hybridized carbons (Fsp3) is 0.810. The molecule has 0 aromatic carbocycles. The van der Waals surface area contributed by atoms with Crippen LogP contribution in [0, 0.1) is 0 Å². The summed E-state index contributed by atoms with van der Waals surface area (Å²) in [4.78, 5) is 24.7. The predicted molar refractivity (Wildman–Crippen MR) is 394 cm³/mol. The van der Waals surface area contributed by atoms with E-state index in [0.717, 1.165) is 77.0 Å². The van der Waals surface area contributed by atoms with Gasteiger partial charge in [-0.05, 0) is 70.6 Å². The first kappa shape index (κ1) is 86.1. The number of aliphatic hydroxyl groups excluding tert-OH is 1. The van der Waals surface area contributed by atoms with E-state index in [1.807, 2.05) is 0 Å². The lowest BCUT2D eigenvalue weighted by atomic mass is 10.0. The molecule has 0 aliphatic heterocycles. The summed E-state index contributed by atoms with van der Waals surface area (Å²) in [6.45, 7) is 4.09. The van der Waals surface area contributed by atoms with E-state index in [2.05, 4.69) is 98.9 Å². The first-order valence-corrected chi connectivity index (χ1v) is 39.6. The molecule has 0 radical (unpaired) electrons. The molecule has 5 nitrogen and oxygen atoms in total. The highest BCUT2D eigenvalue weighted by molar-refractivity contribution is 5.70. The lowest BCUT2D eigenvalue weighted by molar-refractivity contribution is -0.161. The molecule has 0 aromatic rings. The van der Waals surface area contributed by atoms with Crippen molar-refractivity contribution in [2.45, 2.75) is 424 Å². The Labute approximate surface area is 556 Å². The molecule has 0 saturated heterocycles. The van der Waals surface area contributed by atoms with Gasteiger partial charge in [-0.2, -0.15) is 0 Å². The molecule has 1 atom stereocenters. The van der Waals surface area contributed by atoms with E-state index in [1.54, 1.807) is 0 Å². The molecule has 0 bridgehead atoms. The molecule has 0 amide bonds. The normalized spacial score (nSPS) is 12.6. The molecule has 1 N–H and O–H groups in total. The van der Waals surface area contributed by atoms with E-state index in [-0.39, 0.29) is 25.2 Å². The zero-order chi connectivity index (χ0) is 64.0. The van der Waals surface area contributed by atoms with Gasteiger partial charge < -0.3 is 14.6 Å². The van der Waals surface area contributed by atoms with Gasteiger partial charge in [0.15, 0.2) is 6.10 Å². The van der Waals surface area contributed by atoms with E-state index < -0.39 is 6.10 Å². The number of aliphatic hydroxyl groups is 1. The fourth-order valence-corrected chi connectivity index (χ4v) is 12.1. The minimum atomic E-state index is -0.773. The largest absolute Gasteiger partial charge is 0.462 e. The third-order valence-electron chi connectivity index (χ3n) is 18.0. The summed E-state index contributed by atoms with van der Waals surface area (Å²) < 4.78 is 10.8. The van der Waals surface area contributed by atoms with E-state index in [4.69, 9.17) is 9.47 Å².